The van der Waals surface area contributed by atoms with E-state index in [2.05, 4.69) is 20.1 Å². The average molecular weight is 483 g/mol. The molecule has 7 nitrogen and oxygen atoms in total. The fraction of sp³-hybridized carbons (Fsp3) is 0.545. The summed E-state index contributed by atoms with van der Waals surface area (Å²) in [5, 5.41) is 4.12. The highest BCUT2D eigenvalue weighted by atomic mass is 19.4. The van der Waals surface area contributed by atoms with Crippen molar-refractivity contribution in [1.82, 2.24) is 24.7 Å². The molecule has 34 heavy (non-hydrogen) atoms. The van der Waals surface area contributed by atoms with Crippen LogP contribution >= 0.6 is 0 Å². The zero-order chi connectivity index (χ0) is 24.7. The molecule has 0 bridgehead atoms. The second-order valence-electron chi connectivity index (χ2n) is 8.48. The zero-order valence-corrected chi connectivity index (χ0v) is 19.1. The predicted molar refractivity (Wildman–Crippen MR) is 118 cm³/mol. The molecule has 2 saturated heterocycles. The van der Waals surface area contributed by atoms with E-state index in [0.717, 1.165) is 12.5 Å². The van der Waals surface area contributed by atoms with Crippen molar-refractivity contribution in [3.8, 4) is 0 Å². The molecule has 184 valence electrons. The third-order valence-corrected chi connectivity index (χ3v) is 6.12. The van der Waals surface area contributed by atoms with Crippen LogP contribution in [0.4, 0.5) is 33.5 Å². The molecule has 0 N–H and O–H groups in total. The third-order valence-electron chi connectivity index (χ3n) is 6.12. The van der Waals surface area contributed by atoms with Gasteiger partial charge < -0.3 is 9.80 Å². The molecule has 2 fully saturated rings. The van der Waals surface area contributed by atoms with E-state index in [1.807, 2.05) is 23.6 Å². The molecule has 12 heteroatoms. The standard InChI is InChI=1S/C20H20F5N7.C2H6/c1-12-17-18(32(29-12)8-15(21)22)28-16(7-27-17)30-5-3-19(9-30)10-31(11-19)13-2-4-26-14(6-13)20(23,24)25;1-2/h2,4,6-7,15H,3,5,8-11H2,1H3;1-2H3. The lowest BCUT2D eigenvalue weighted by atomic mass is 9.79. The lowest BCUT2D eigenvalue weighted by Crippen LogP contribution is -2.57. The molecule has 5 heterocycles. The number of alkyl halides is 5. The highest BCUT2D eigenvalue weighted by molar-refractivity contribution is 5.75. The van der Waals surface area contributed by atoms with Crippen molar-refractivity contribution in [2.45, 2.75) is 46.3 Å². The smallest absolute Gasteiger partial charge is 0.370 e. The zero-order valence-electron chi connectivity index (χ0n) is 19.1. The van der Waals surface area contributed by atoms with Crippen LogP contribution in [-0.4, -0.2) is 57.3 Å². The minimum Gasteiger partial charge on any atom is -0.370 e. The minimum absolute atomic E-state index is 0.0581. The Bertz CT molecular complexity index is 1150. The molecule has 0 saturated carbocycles. The van der Waals surface area contributed by atoms with Gasteiger partial charge in [0, 0.05) is 43.5 Å². The summed E-state index contributed by atoms with van der Waals surface area (Å²) in [5.41, 5.74) is 0.913. The molecule has 0 atom stereocenters. The number of fused-ring (bicyclic) bond motifs is 1. The van der Waals surface area contributed by atoms with Crippen molar-refractivity contribution < 1.29 is 22.0 Å². The second kappa shape index (κ2) is 8.95. The van der Waals surface area contributed by atoms with Gasteiger partial charge in [-0.25, -0.2) is 23.4 Å². The molecular weight excluding hydrogens is 457 g/mol. The van der Waals surface area contributed by atoms with E-state index < -0.39 is 24.8 Å². The molecule has 3 aromatic rings. The van der Waals surface area contributed by atoms with E-state index in [0.29, 0.717) is 54.5 Å². The Kier molecular flexibility index (Phi) is 6.34. The third kappa shape index (κ3) is 4.49. The van der Waals surface area contributed by atoms with Crippen molar-refractivity contribution in [3.05, 3.63) is 35.9 Å². The molecular formula is C22H26F5N7. The molecule has 2 aliphatic rings. The summed E-state index contributed by atoms with van der Waals surface area (Å²) in [4.78, 5) is 16.3. The Balaban J connectivity index is 0.00000133. The summed E-state index contributed by atoms with van der Waals surface area (Å²) in [6.07, 6.45) is -3.37. The topological polar surface area (TPSA) is 63.0 Å². The first-order chi connectivity index (χ1) is 16.1. The molecule has 5 rings (SSSR count). The van der Waals surface area contributed by atoms with Crippen molar-refractivity contribution >= 4 is 22.7 Å². The second-order valence-corrected chi connectivity index (χ2v) is 8.48. The Morgan fingerprint density at radius 2 is 1.79 bits per heavy atom. The van der Waals surface area contributed by atoms with Gasteiger partial charge in [-0.05, 0) is 25.5 Å². The number of hydrogen-bond acceptors (Lipinski definition) is 6. The summed E-state index contributed by atoms with van der Waals surface area (Å²) in [5.74, 6) is 0.589. The highest BCUT2D eigenvalue weighted by Gasteiger charge is 2.48. The van der Waals surface area contributed by atoms with E-state index in [1.165, 1.54) is 10.9 Å². The van der Waals surface area contributed by atoms with Crippen LogP contribution in [0.15, 0.2) is 24.5 Å². The minimum atomic E-state index is -4.48. The fourth-order valence-corrected chi connectivity index (χ4v) is 4.60. The number of anilines is 2. The van der Waals surface area contributed by atoms with Crippen LogP contribution < -0.4 is 9.80 Å². The Morgan fingerprint density at radius 1 is 1.09 bits per heavy atom. The molecule has 0 unspecified atom stereocenters. The number of rotatable bonds is 4. The summed E-state index contributed by atoms with van der Waals surface area (Å²) in [6, 6.07) is 2.66. The van der Waals surface area contributed by atoms with Gasteiger partial charge in [0.25, 0.3) is 6.43 Å². The largest absolute Gasteiger partial charge is 0.433 e. The van der Waals surface area contributed by atoms with Crippen LogP contribution in [0.5, 0.6) is 0 Å². The van der Waals surface area contributed by atoms with Gasteiger partial charge in [-0.3, -0.25) is 4.98 Å². The summed E-state index contributed by atoms with van der Waals surface area (Å²) in [7, 11) is 0. The maximum atomic E-state index is 12.9. The van der Waals surface area contributed by atoms with Gasteiger partial charge in [0.2, 0.25) is 0 Å². The van der Waals surface area contributed by atoms with E-state index in [-0.39, 0.29) is 5.41 Å². The Labute approximate surface area is 193 Å². The van der Waals surface area contributed by atoms with E-state index in [9.17, 15) is 22.0 Å². The lowest BCUT2D eigenvalue weighted by molar-refractivity contribution is -0.141. The van der Waals surface area contributed by atoms with Gasteiger partial charge in [0.05, 0.1) is 11.9 Å². The number of aryl methyl sites for hydroxylation is 1. The number of nitrogens with zero attached hydrogens (tertiary/aromatic N) is 7. The SMILES string of the molecule is CC.Cc1nn(CC(F)F)c2nc(N3CCC4(CN(c5ccnc(C(F)(F)F)c5)C4)C3)cnc12. The molecule has 0 radical (unpaired) electrons. The van der Waals surface area contributed by atoms with Crippen molar-refractivity contribution in [2.75, 3.05) is 36.0 Å². The maximum absolute atomic E-state index is 12.9. The number of hydrogen-bond donors (Lipinski definition) is 0. The number of pyridine rings is 1. The monoisotopic (exact) mass is 483 g/mol. The van der Waals surface area contributed by atoms with Crippen LogP contribution in [0.25, 0.3) is 11.2 Å². The van der Waals surface area contributed by atoms with Crippen molar-refractivity contribution in [2.24, 2.45) is 5.41 Å². The van der Waals surface area contributed by atoms with Crippen LogP contribution in [0, 0.1) is 12.3 Å². The first-order valence-electron chi connectivity index (χ1n) is 11.2. The van der Waals surface area contributed by atoms with Gasteiger partial charge in [-0.2, -0.15) is 18.3 Å². The molecule has 1 spiro atoms. The van der Waals surface area contributed by atoms with Crippen LogP contribution in [0.2, 0.25) is 0 Å². The number of halogens is 5. The number of aromatic nitrogens is 5. The lowest BCUT2D eigenvalue weighted by Gasteiger charge is -2.49. The van der Waals surface area contributed by atoms with E-state index in [1.54, 1.807) is 19.2 Å². The van der Waals surface area contributed by atoms with Crippen LogP contribution in [0.1, 0.15) is 31.7 Å². The molecule has 3 aromatic heterocycles. The quantitative estimate of drug-likeness (QED) is 0.507. The van der Waals surface area contributed by atoms with Crippen molar-refractivity contribution in [3.63, 3.8) is 0 Å². The first-order valence-corrected chi connectivity index (χ1v) is 11.2. The van der Waals surface area contributed by atoms with Crippen LogP contribution in [-0.2, 0) is 12.7 Å². The molecule has 0 amide bonds. The average Bonchev–Trinajstić information content (AvgIpc) is 3.35. The Morgan fingerprint density at radius 3 is 2.47 bits per heavy atom. The molecule has 0 aliphatic carbocycles. The molecule has 2 aliphatic heterocycles. The van der Waals surface area contributed by atoms with Gasteiger partial charge in [-0.1, -0.05) is 13.8 Å². The van der Waals surface area contributed by atoms with Crippen molar-refractivity contribution in [1.29, 1.82) is 0 Å². The van der Waals surface area contributed by atoms with Crippen LogP contribution in [0.3, 0.4) is 0 Å². The van der Waals surface area contributed by atoms with Gasteiger partial charge in [0.15, 0.2) is 5.65 Å². The normalized spacial score (nSPS) is 17.3. The summed E-state index contributed by atoms with van der Waals surface area (Å²) in [6.45, 7) is 7.79. The summed E-state index contributed by atoms with van der Waals surface area (Å²) >= 11 is 0. The fourth-order valence-electron chi connectivity index (χ4n) is 4.60. The maximum Gasteiger partial charge on any atom is 0.433 e. The Hall–Kier alpha value is -3.05. The molecule has 0 aromatic carbocycles. The van der Waals surface area contributed by atoms with Gasteiger partial charge >= 0.3 is 6.18 Å². The summed E-state index contributed by atoms with van der Waals surface area (Å²) < 4.78 is 65.8. The predicted octanol–water partition coefficient (Wildman–Crippen LogP) is 4.56. The van der Waals surface area contributed by atoms with E-state index >= 15 is 0 Å². The first kappa shape index (κ1) is 24.1. The van der Waals surface area contributed by atoms with E-state index in [4.69, 9.17) is 0 Å². The van der Waals surface area contributed by atoms with Gasteiger partial charge in [-0.15, -0.1) is 0 Å². The van der Waals surface area contributed by atoms with Gasteiger partial charge in [0.1, 0.15) is 23.6 Å². The highest BCUT2D eigenvalue weighted by Crippen LogP contribution is 2.43.